The molecule has 124 valence electrons. The van der Waals surface area contributed by atoms with Gasteiger partial charge in [0.2, 0.25) is 0 Å². The second-order valence-corrected chi connectivity index (χ2v) is 5.04. The fourth-order valence-electron chi connectivity index (χ4n) is 1.73. The zero-order valence-corrected chi connectivity index (χ0v) is 13.2. The molecule has 0 saturated carbocycles. The zero-order chi connectivity index (χ0) is 17.2. The standard InChI is InChI=1S/C10H10O3.C6H14O3/c1-7-3-8(5-11)10(13-2)9(4-7)6-12;1-2-6(3-7,4-8)5-9/h3-6H,1-2H3;7-9H,2-5H2,1H3. The predicted molar refractivity (Wildman–Crippen MR) is 82.5 cm³/mol. The molecule has 6 heteroatoms. The molecule has 22 heavy (non-hydrogen) atoms. The molecule has 6 nitrogen and oxygen atoms in total. The summed E-state index contributed by atoms with van der Waals surface area (Å²) < 4.78 is 4.95. The minimum absolute atomic E-state index is 0.156. The number of benzene rings is 1. The van der Waals surface area contributed by atoms with Crippen LogP contribution in [0.4, 0.5) is 0 Å². The third kappa shape index (κ3) is 5.22. The number of aldehydes is 2. The minimum atomic E-state index is -0.667. The molecular weight excluding hydrogens is 288 g/mol. The third-order valence-corrected chi connectivity index (χ3v) is 3.51. The van der Waals surface area contributed by atoms with E-state index in [0.717, 1.165) is 5.56 Å². The first-order valence-corrected chi connectivity index (χ1v) is 6.89. The van der Waals surface area contributed by atoms with Gasteiger partial charge in [-0.1, -0.05) is 6.92 Å². The van der Waals surface area contributed by atoms with Crippen LogP contribution in [0.2, 0.25) is 0 Å². The molecule has 3 N–H and O–H groups in total. The second kappa shape index (κ2) is 10.0. The molecule has 0 spiro atoms. The number of carbonyl (C=O) groups excluding carboxylic acids is 2. The SMILES string of the molecule is CCC(CO)(CO)CO.COc1c(C=O)cc(C)cc1C=O. The van der Waals surface area contributed by atoms with Crippen LogP contribution in [0.1, 0.15) is 39.6 Å². The summed E-state index contributed by atoms with van der Waals surface area (Å²) in [4.78, 5) is 21.2. The van der Waals surface area contributed by atoms with Crippen LogP contribution in [0.5, 0.6) is 5.75 Å². The van der Waals surface area contributed by atoms with Crippen LogP contribution < -0.4 is 4.74 Å². The van der Waals surface area contributed by atoms with Gasteiger partial charge in [0.25, 0.3) is 0 Å². The molecule has 0 atom stereocenters. The van der Waals surface area contributed by atoms with Crippen molar-refractivity contribution in [3.05, 3.63) is 28.8 Å². The van der Waals surface area contributed by atoms with Crippen LogP contribution in [0.15, 0.2) is 12.1 Å². The van der Waals surface area contributed by atoms with Gasteiger partial charge < -0.3 is 20.1 Å². The summed E-state index contributed by atoms with van der Waals surface area (Å²) >= 11 is 0. The quantitative estimate of drug-likeness (QED) is 0.649. The fraction of sp³-hybridized carbons (Fsp3) is 0.500. The van der Waals surface area contributed by atoms with E-state index in [1.165, 1.54) is 7.11 Å². The van der Waals surface area contributed by atoms with E-state index in [1.807, 2.05) is 13.8 Å². The Kier molecular flexibility index (Phi) is 9.24. The lowest BCUT2D eigenvalue weighted by Gasteiger charge is -2.24. The van der Waals surface area contributed by atoms with Gasteiger partial charge in [-0.05, 0) is 31.0 Å². The molecule has 0 fully saturated rings. The van der Waals surface area contributed by atoms with E-state index >= 15 is 0 Å². The smallest absolute Gasteiger partial charge is 0.153 e. The van der Waals surface area contributed by atoms with Crippen LogP contribution in [-0.2, 0) is 0 Å². The normalized spacial score (nSPS) is 10.5. The first kappa shape index (κ1) is 20.2. The van der Waals surface area contributed by atoms with Gasteiger partial charge in [0.05, 0.1) is 38.1 Å². The van der Waals surface area contributed by atoms with Crippen molar-refractivity contribution in [2.75, 3.05) is 26.9 Å². The highest BCUT2D eigenvalue weighted by Crippen LogP contribution is 2.22. The van der Waals surface area contributed by atoms with E-state index in [9.17, 15) is 9.59 Å². The Hall–Kier alpha value is -1.76. The van der Waals surface area contributed by atoms with E-state index in [1.54, 1.807) is 12.1 Å². The molecule has 0 aliphatic heterocycles. The van der Waals surface area contributed by atoms with Gasteiger partial charge in [-0.25, -0.2) is 0 Å². The summed E-state index contributed by atoms with van der Waals surface area (Å²) in [5.74, 6) is 0.343. The molecule has 0 aromatic heterocycles. The number of hydrogen-bond donors (Lipinski definition) is 3. The van der Waals surface area contributed by atoms with Crippen molar-refractivity contribution >= 4 is 12.6 Å². The van der Waals surface area contributed by atoms with Crippen molar-refractivity contribution in [1.82, 2.24) is 0 Å². The van der Waals surface area contributed by atoms with Crippen molar-refractivity contribution in [2.45, 2.75) is 20.3 Å². The van der Waals surface area contributed by atoms with Gasteiger partial charge in [-0.15, -0.1) is 0 Å². The molecule has 0 saturated heterocycles. The van der Waals surface area contributed by atoms with Gasteiger partial charge >= 0.3 is 0 Å². The summed E-state index contributed by atoms with van der Waals surface area (Å²) in [6.45, 7) is 3.17. The van der Waals surface area contributed by atoms with E-state index in [-0.39, 0.29) is 19.8 Å². The molecule has 0 amide bonds. The van der Waals surface area contributed by atoms with Gasteiger partial charge in [0, 0.05) is 5.41 Å². The number of aliphatic hydroxyl groups excluding tert-OH is 3. The highest BCUT2D eigenvalue weighted by atomic mass is 16.5. The Balaban J connectivity index is 0.000000433. The van der Waals surface area contributed by atoms with Crippen molar-refractivity contribution in [1.29, 1.82) is 0 Å². The maximum atomic E-state index is 10.6. The average Bonchev–Trinajstić information content (AvgIpc) is 2.57. The number of carbonyl (C=O) groups is 2. The van der Waals surface area contributed by atoms with Gasteiger partial charge in [0.15, 0.2) is 12.6 Å². The average molecular weight is 312 g/mol. The first-order chi connectivity index (χ1) is 10.5. The lowest BCUT2D eigenvalue weighted by atomic mass is 9.88. The molecule has 0 unspecified atom stereocenters. The summed E-state index contributed by atoms with van der Waals surface area (Å²) in [5, 5.41) is 26.0. The molecule has 1 aromatic carbocycles. The molecule has 0 radical (unpaired) electrons. The largest absolute Gasteiger partial charge is 0.495 e. The van der Waals surface area contributed by atoms with Crippen LogP contribution in [-0.4, -0.2) is 54.8 Å². The van der Waals surface area contributed by atoms with Crippen molar-refractivity contribution in [3.63, 3.8) is 0 Å². The number of ether oxygens (including phenoxy) is 1. The maximum Gasteiger partial charge on any atom is 0.153 e. The Morgan fingerprint density at radius 3 is 1.64 bits per heavy atom. The molecular formula is C16H24O6. The monoisotopic (exact) mass is 312 g/mol. The van der Waals surface area contributed by atoms with Crippen molar-refractivity contribution in [3.8, 4) is 5.75 Å². The Labute approximate surface area is 130 Å². The summed E-state index contributed by atoms with van der Waals surface area (Å²) in [6.07, 6.45) is 1.95. The molecule has 1 aromatic rings. The third-order valence-electron chi connectivity index (χ3n) is 3.51. The van der Waals surface area contributed by atoms with Crippen LogP contribution in [0.25, 0.3) is 0 Å². The number of aliphatic hydroxyl groups is 3. The second-order valence-electron chi connectivity index (χ2n) is 5.04. The molecule has 0 bridgehead atoms. The number of aryl methyl sites for hydroxylation is 1. The number of methoxy groups -OCH3 is 1. The Bertz CT molecular complexity index is 433. The van der Waals surface area contributed by atoms with Crippen molar-refractivity contribution < 1.29 is 29.6 Å². The predicted octanol–water partition coefficient (Wildman–Crippen LogP) is 0.988. The maximum absolute atomic E-state index is 10.6. The van der Waals surface area contributed by atoms with Gasteiger partial charge in [0.1, 0.15) is 5.75 Å². The Morgan fingerprint density at radius 1 is 1.05 bits per heavy atom. The first-order valence-electron chi connectivity index (χ1n) is 6.89. The molecule has 0 aliphatic rings. The summed E-state index contributed by atoms with van der Waals surface area (Å²) in [7, 11) is 1.44. The van der Waals surface area contributed by atoms with E-state index in [2.05, 4.69) is 0 Å². The number of rotatable bonds is 7. The fourth-order valence-corrected chi connectivity index (χ4v) is 1.73. The number of hydrogen-bond acceptors (Lipinski definition) is 6. The molecule has 0 heterocycles. The zero-order valence-electron chi connectivity index (χ0n) is 13.2. The summed E-state index contributed by atoms with van der Waals surface area (Å²) in [6, 6.07) is 3.36. The van der Waals surface area contributed by atoms with E-state index in [0.29, 0.717) is 35.9 Å². The van der Waals surface area contributed by atoms with E-state index in [4.69, 9.17) is 20.1 Å². The van der Waals surface area contributed by atoms with E-state index < -0.39 is 5.41 Å². The van der Waals surface area contributed by atoms with Crippen LogP contribution in [0, 0.1) is 12.3 Å². The van der Waals surface area contributed by atoms with Gasteiger partial charge in [-0.3, -0.25) is 9.59 Å². The van der Waals surface area contributed by atoms with Crippen molar-refractivity contribution in [2.24, 2.45) is 5.41 Å². The minimum Gasteiger partial charge on any atom is -0.495 e. The lowest BCUT2D eigenvalue weighted by molar-refractivity contribution is 0.00304. The lowest BCUT2D eigenvalue weighted by Crippen LogP contribution is -2.32. The Morgan fingerprint density at radius 2 is 1.45 bits per heavy atom. The van der Waals surface area contributed by atoms with Crippen LogP contribution in [0.3, 0.4) is 0 Å². The highest BCUT2D eigenvalue weighted by Gasteiger charge is 2.24. The summed E-state index contributed by atoms with van der Waals surface area (Å²) in [5.41, 5.74) is 1.01. The highest BCUT2D eigenvalue weighted by molar-refractivity contribution is 5.88. The van der Waals surface area contributed by atoms with Crippen LogP contribution >= 0.6 is 0 Å². The topological polar surface area (TPSA) is 104 Å². The molecule has 0 aliphatic carbocycles. The molecule has 1 rings (SSSR count). The van der Waals surface area contributed by atoms with Gasteiger partial charge in [-0.2, -0.15) is 0 Å².